The molecule has 2 aliphatic heterocycles. The number of carbonyl (C=O) groups excluding carboxylic acids is 4. The number of rotatable bonds is 9. The fourth-order valence-corrected chi connectivity index (χ4v) is 8.39. The number of aromatic nitrogens is 7. The highest BCUT2D eigenvalue weighted by Gasteiger charge is 2.41. The Bertz CT molecular complexity index is 3590. The first-order chi connectivity index (χ1) is 36.5. The highest BCUT2D eigenvalue weighted by molar-refractivity contribution is 6.31. The van der Waals surface area contributed by atoms with Crippen LogP contribution in [0.25, 0.3) is 0 Å². The molecule has 0 spiro atoms. The molecular weight excluding hydrogens is 1090 g/mol. The lowest BCUT2D eigenvalue weighted by Gasteiger charge is -2.27. The van der Waals surface area contributed by atoms with Crippen molar-refractivity contribution in [3.63, 3.8) is 0 Å². The summed E-state index contributed by atoms with van der Waals surface area (Å²) < 4.78 is 2.92. The number of primary amides is 1. The molecule has 3 aromatic carbocycles. The molecule has 0 fully saturated rings. The lowest BCUT2D eigenvalue weighted by molar-refractivity contribution is -0.116. The van der Waals surface area contributed by atoms with Gasteiger partial charge < -0.3 is 32.4 Å². The predicted octanol–water partition coefficient (Wildman–Crippen LogP) is 8.17. The number of halogens is 5. The number of carbonyl (C=O) groups is 4. The van der Waals surface area contributed by atoms with Gasteiger partial charge in [0.05, 0.1) is 0 Å². The number of pyridine rings is 3. The van der Waals surface area contributed by atoms with Crippen molar-refractivity contribution in [1.29, 1.82) is 0 Å². The number of ketones is 1. The topological polar surface area (TPSA) is 285 Å². The number of anilines is 3. The quantitative estimate of drug-likeness (QED) is 0.0796. The molecular formula is C53H47Cl5N12O7. The van der Waals surface area contributed by atoms with Crippen molar-refractivity contribution < 1.29 is 19.2 Å². The summed E-state index contributed by atoms with van der Waals surface area (Å²) in [5, 5.41) is 10.9. The molecule has 0 saturated carbocycles. The van der Waals surface area contributed by atoms with Crippen LogP contribution < -0.4 is 44.1 Å². The second kappa shape index (κ2) is 26.0. The van der Waals surface area contributed by atoms with Gasteiger partial charge in [-0.25, -0.2) is 19.9 Å². The Balaban J connectivity index is 0.000000169. The molecule has 3 amide bonds. The number of nitrogens with zero attached hydrogens (tertiary/aromatic N) is 6. The summed E-state index contributed by atoms with van der Waals surface area (Å²) in [6.45, 7) is 5.20. The van der Waals surface area contributed by atoms with Crippen LogP contribution in [0.5, 0.6) is 0 Å². The Kier molecular flexibility index (Phi) is 19.6. The number of hydrogen-bond acceptors (Lipinski definition) is 13. The van der Waals surface area contributed by atoms with Crippen LogP contribution in [0.4, 0.5) is 17.3 Å². The fourth-order valence-electron chi connectivity index (χ4n) is 7.75. The molecule has 0 bridgehead atoms. The lowest BCUT2D eigenvalue weighted by Crippen LogP contribution is -2.46. The van der Waals surface area contributed by atoms with Crippen LogP contribution in [0.15, 0.2) is 161 Å². The van der Waals surface area contributed by atoms with Crippen LogP contribution >= 0.6 is 58.0 Å². The van der Waals surface area contributed by atoms with Crippen molar-refractivity contribution >= 4 is 98.8 Å². The van der Waals surface area contributed by atoms with Gasteiger partial charge in [0, 0.05) is 46.7 Å². The highest BCUT2D eigenvalue weighted by atomic mass is 35.5. The van der Waals surface area contributed by atoms with Crippen LogP contribution in [0.1, 0.15) is 68.9 Å². The van der Waals surface area contributed by atoms with E-state index in [2.05, 4.69) is 40.9 Å². The average molecular weight is 1140 g/mol. The SMILES string of the molecule is CC(=O)Cc1ccc(Cl)cc1.CC1(Cc2ccc(Cl)cc2)NC(=O)c2ccc(Cl)c(=O)n21.CC1(Cc2ccc(Cl)cc2)NC(=O)c2ccc(Nc3ccncn3)c(=O)n21.NC(=O)c1ccc(Cl)c(=O)[nH]1.Nc1ccncn1. The Hall–Kier alpha value is -8.20. The number of amides is 3. The van der Waals surface area contributed by atoms with E-state index in [1.807, 2.05) is 43.3 Å². The number of nitrogens with one attached hydrogen (secondary N) is 4. The average Bonchev–Trinajstić information content (AvgIpc) is 3.84. The normalized spacial score (nSPS) is 15.4. The molecule has 2 atom stereocenters. The second-order valence-electron chi connectivity index (χ2n) is 17.3. The molecule has 8 aromatic rings. The monoisotopic (exact) mass is 1140 g/mol. The van der Waals surface area contributed by atoms with E-state index in [1.165, 1.54) is 40.0 Å². The van der Waals surface area contributed by atoms with E-state index in [0.29, 0.717) is 63.0 Å². The van der Waals surface area contributed by atoms with Crippen LogP contribution in [0.2, 0.25) is 25.1 Å². The summed E-state index contributed by atoms with van der Waals surface area (Å²) in [7, 11) is 0. The number of hydrogen-bond donors (Lipinski definition) is 6. The summed E-state index contributed by atoms with van der Waals surface area (Å²) in [5.74, 6) is -0.0576. The smallest absolute Gasteiger partial charge is 0.276 e. The van der Waals surface area contributed by atoms with Crippen molar-refractivity contribution in [1.82, 2.24) is 44.7 Å². The Morgan fingerprint density at radius 3 is 1.48 bits per heavy atom. The van der Waals surface area contributed by atoms with E-state index in [0.717, 1.165) is 16.7 Å². The summed E-state index contributed by atoms with van der Waals surface area (Å²) in [5.41, 5.74) is 11.1. The number of H-pyrrole nitrogens is 1. The van der Waals surface area contributed by atoms with Crippen LogP contribution in [-0.4, -0.2) is 57.6 Å². The van der Waals surface area contributed by atoms with Crippen molar-refractivity contribution in [2.75, 3.05) is 11.1 Å². The van der Waals surface area contributed by atoms with Crippen molar-refractivity contribution in [3.05, 3.63) is 236 Å². The number of fused-ring (bicyclic) bond motifs is 2. The van der Waals surface area contributed by atoms with Gasteiger partial charge in [-0.1, -0.05) is 94.4 Å². The molecule has 0 aliphatic carbocycles. The zero-order valence-electron chi connectivity index (χ0n) is 41.1. The fraction of sp³-hybridized carbons (Fsp3) is 0.151. The first-order valence-corrected chi connectivity index (χ1v) is 24.7. The molecule has 0 saturated heterocycles. The third-order valence-electron chi connectivity index (χ3n) is 11.2. The van der Waals surface area contributed by atoms with Gasteiger partial charge in [0.2, 0.25) is 0 Å². The molecule has 2 unspecified atom stereocenters. The molecule has 5 aromatic heterocycles. The van der Waals surface area contributed by atoms with E-state index in [9.17, 15) is 33.6 Å². The van der Waals surface area contributed by atoms with Crippen LogP contribution in [0, 0.1) is 0 Å². The molecule has 8 N–H and O–H groups in total. The van der Waals surface area contributed by atoms with Gasteiger partial charge in [0.1, 0.15) is 74.2 Å². The molecule has 77 heavy (non-hydrogen) atoms. The van der Waals surface area contributed by atoms with Gasteiger partial charge in [0.25, 0.3) is 34.4 Å². The van der Waals surface area contributed by atoms with Crippen molar-refractivity contribution in [2.45, 2.75) is 51.4 Å². The lowest BCUT2D eigenvalue weighted by atomic mass is 10.0. The van der Waals surface area contributed by atoms with Gasteiger partial charge in [-0.2, -0.15) is 0 Å². The zero-order valence-corrected chi connectivity index (χ0v) is 44.8. The van der Waals surface area contributed by atoms with Crippen molar-refractivity contribution in [3.8, 4) is 0 Å². The Labute approximate surface area is 464 Å². The molecule has 7 heterocycles. The summed E-state index contributed by atoms with van der Waals surface area (Å²) in [6, 6.07) is 34.1. The predicted molar refractivity (Wildman–Crippen MR) is 297 cm³/mol. The Morgan fingerprint density at radius 2 is 1.05 bits per heavy atom. The third-order valence-corrected chi connectivity index (χ3v) is 12.5. The van der Waals surface area contributed by atoms with Gasteiger partial charge in [0.15, 0.2) is 0 Å². The van der Waals surface area contributed by atoms with Gasteiger partial charge in [-0.05, 0) is 122 Å². The Morgan fingerprint density at radius 1 is 0.584 bits per heavy atom. The standard InChI is InChI=1S/C19H16ClN5O2.C15H12Cl2N2O2.C9H9ClO.C6H5ClN2O2.C4H5N3/c1-19(10-12-2-4-13(20)5-3-12)24-17(26)15-7-6-14(18(27)25(15)19)23-16-8-9-21-11-22-16;1-15(8-9-2-4-10(16)5-3-9)18-13(20)12-7-6-11(17)14(21)19(12)15;1-7(11)6-8-2-4-9(10)5-3-8;7-3-1-2-4(5(8)10)9-6(3)11;5-4-1-2-6-3-7-4/h2-9,11H,10H2,1H3,(H,24,26)(H,21,22,23);2-7H,8H2,1H3,(H,18,20);2-5H,6H2,1H3;1-2H,(H2,8,10)(H,9,11);1-3H,(H2,5,6,7). The maximum atomic E-state index is 13.1. The largest absolute Gasteiger partial charge is 0.384 e. The van der Waals surface area contributed by atoms with E-state index in [4.69, 9.17) is 69.5 Å². The number of aromatic amines is 1. The molecule has 2 aliphatic rings. The van der Waals surface area contributed by atoms with Crippen LogP contribution in [-0.2, 0) is 35.4 Å². The summed E-state index contributed by atoms with van der Waals surface area (Å²) in [6.07, 6.45) is 7.39. The molecule has 19 nitrogen and oxygen atoms in total. The zero-order chi connectivity index (χ0) is 56.0. The summed E-state index contributed by atoms with van der Waals surface area (Å²) >= 11 is 28.8. The molecule has 0 radical (unpaired) electrons. The first kappa shape index (κ1) is 58.1. The van der Waals surface area contributed by atoms with E-state index in [-0.39, 0.29) is 44.5 Å². The number of Topliss-reactive ketones (excluding diaryl/α,β-unsaturated/α-hetero) is 1. The number of benzene rings is 3. The van der Waals surface area contributed by atoms with Crippen molar-refractivity contribution in [2.24, 2.45) is 5.73 Å². The number of nitrogen functional groups attached to an aromatic ring is 1. The maximum Gasteiger partial charge on any atom is 0.276 e. The van der Waals surface area contributed by atoms with E-state index >= 15 is 0 Å². The molecule has 396 valence electrons. The van der Waals surface area contributed by atoms with Gasteiger partial charge >= 0.3 is 0 Å². The maximum absolute atomic E-state index is 13.1. The van der Waals surface area contributed by atoms with E-state index in [1.54, 1.807) is 93.0 Å². The minimum Gasteiger partial charge on any atom is -0.384 e. The van der Waals surface area contributed by atoms with Crippen LogP contribution in [0.3, 0.4) is 0 Å². The third kappa shape index (κ3) is 15.7. The van der Waals surface area contributed by atoms with Gasteiger partial charge in [-0.3, -0.25) is 42.7 Å². The van der Waals surface area contributed by atoms with E-state index < -0.39 is 22.8 Å². The highest BCUT2D eigenvalue weighted by Crippen LogP contribution is 2.29. The summed E-state index contributed by atoms with van der Waals surface area (Å²) in [4.78, 5) is 99.2. The minimum absolute atomic E-state index is 0.0370. The molecule has 10 rings (SSSR count). The molecule has 24 heteroatoms. The first-order valence-electron chi connectivity index (χ1n) is 22.9. The number of nitrogens with two attached hydrogens (primary N) is 2. The second-order valence-corrected chi connectivity index (χ2v) is 19.4. The minimum atomic E-state index is -0.888. The van der Waals surface area contributed by atoms with Gasteiger partial charge in [-0.15, -0.1) is 0 Å².